The number of hydrogen-bond acceptors (Lipinski definition) is 6. The fraction of sp³-hybridized carbons (Fsp3) is 0.357. The van der Waals surface area contributed by atoms with Crippen LogP contribution >= 0.6 is 0 Å². The molecule has 0 amide bonds. The second-order valence-electron chi connectivity index (χ2n) is 10.6. The van der Waals surface area contributed by atoms with E-state index in [-0.39, 0.29) is 36.7 Å². The van der Waals surface area contributed by atoms with Crippen LogP contribution in [0.2, 0.25) is 0 Å². The zero-order chi connectivity index (χ0) is 29.9. The van der Waals surface area contributed by atoms with Gasteiger partial charge in [-0.25, -0.2) is 17.5 Å². The summed E-state index contributed by atoms with van der Waals surface area (Å²) in [4.78, 5) is 18.3. The Balaban J connectivity index is 1.45. The molecule has 2 atom stereocenters. The molecular formula is C28H26F4N6O3S. The Morgan fingerprint density at radius 3 is 2.57 bits per heavy atom. The number of halogens is 4. The number of carbonyl (C=O) groups excluding carboxylic acids is 1. The van der Waals surface area contributed by atoms with E-state index in [9.17, 15) is 30.8 Å². The number of carbonyl (C=O) groups is 1. The van der Waals surface area contributed by atoms with Crippen LogP contribution in [0, 0.1) is 17.2 Å². The second-order valence-corrected chi connectivity index (χ2v) is 12.5. The van der Waals surface area contributed by atoms with Gasteiger partial charge in [-0.3, -0.25) is 14.5 Å². The first-order valence-electron chi connectivity index (χ1n) is 13.4. The Bertz CT molecular complexity index is 1770. The van der Waals surface area contributed by atoms with Gasteiger partial charge in [-0.15, -0.1) is 0 Å². The minimum Gasteiger partial charge on any atom is -0.292 e. The number of rotatable bonds is 6. The molecule has 2 unspecified atom stereocenters. The Labute approximate surface area is 238 Å². The molecule has 2 aliphatic rings. The Hall–Kier alpha value is -3.91. The standard InChI is InChI=1S/C28H26F4N6O3S/c1-2-37-25(8-11-34-37)42(40,41)36-12-9-19-14-24-18(16-35-38(24)22-5-3-21(29)4-6-22)15-27(19,17-36)26(39)23-13-20(7-10-33-23)28(30,31)32/h3-8,10-11,13,16,19H,2,9,12,14-15,17H2,1H3. The topological polar surface area (TPSA) is 103 Å². The molecule has 14 heteroatoms. The van der Waals surface area contributed by atoms with Crippen molar-refractivity contribution in [3.05, 3.63) is 89.4 Å². The highest BCUT2D eigenvalue weighted by atomic mass is 32.2. The van der Waals surface area contributed by atoms with E-state index in [1.165, 1.54) is 33.4 Å². The van der Waals surface area contributed by atoms with Crippen molar-refractivity contribution in [1.29, 1.82) is 0 Å². The van der Waals surface area contributed by atoms with Gasteiger partial charge in [-0.05, 0) is 80.1 Å². The number of aryl methyl sites for hydroxylation is 1. The van der Waals surface area contributed by atoms with Gasteiger partial charge in [0.05, 0.1) is 29.1 Å². The van der Waals surface area contributed by atoms with Gasteiger partial charge in [-0.1, -0.05) is 0 Å². The normalized spacial score (nSPS) is 21.1. The first-order valence-corrected chi connectivity index (χ1v) is 14.8. The molecule has 42 heavy (non-hydrogen) atoms. The lowest BCUT2D eigenvalue weighted by Gasteiger charge is -2.49. The summed E-state index contributed by atoms with van der Waals surface area (Å²) in [6.07, 6.45) is -0.151. The third kappa shape index (κ3) is 4.62. The van der Waals surface area contributed by atoms with Crippen molar-refractivity contribution in [2.24, 2.45) is 11.3 Å². The maximum atomic E-state index is 14.3. The second kappa shape index (κ2) is 10.1. The van der Waals surface area contributed by atoms with Crippen LogP contribution in [0.4, 0.5) is 17.6 Å². The summed E-state index contributed by atoms with van der Waals surface area (Å²) in [6, 6.07) is 8.68. The highest BCUT2D eigenvalue weighted by molar-refractivity contribution is 7.89. The molecule has 0 N–H and O–H groups in total. The highest BCUT2D eigenvalue weighted by Gasteiger charge is 2.55. The van der Waals surface area contributed by atoms with Crippen molar-refractivity contribution in [3.63, 3.8) is 0 Å². The van der Waals surface area contributed by atoms with E-state index < -0.39 is 44.7 Å². The molecule has 4 aromatic rings. The monoisotopic (exact) mass is 602 g/mol. The van der Waals surface area contributed by atoms with E-state index in [4.69, 9.17) is 0 Å². The molecule has 1 saturated heterocycles. The molecule has 1 aromatic carbocycles. The lowest BCUT2D eigenvalue weighted by molar-refractivity contribution is -0.137. The summed E-state index contributed by atoms with van der Waals surface area (Å²) in [5.41, 5.74) is -0.725. The van der Waals surface area contributed by atoms with Gasteiger partial charge in [0.15, 0.2) is 10.8 Å². The fourth-order valence-corrected chi connectivity index (χ4v) is 7.87. The van der Waals surface area contributed by atoms with Crippen LogP contribution in [0.5, 0.6) is 0 Å². The van der Waals surface area contributed by atoms with Gasteiger partial charge in [0.25, 0.3) is 10.0 Å². The Kier molecular flexibility index (Phi) is 6.80. The number of piperidine rings is 1. The molecule has 4 heterocycles. The van der Waals surface area contributed by atoms with Crippen LogP contribution in [0.25, 0.3) is 5.69 Å². The molecule has 220 valence electrons. The number of aromatic nitrogens is 5. The molecule has 1 fully saturated rings. The lowest BCUT2D eigenvalue weighted by atomic mass is 9.60. The average Bonchev–Trinajstić information content (AvgIpc) is 3.62. The number of sulfonamides is 1. The first-order chi connectivity index (χ1) is 19.9. The number of hydrogen-bond donors (Lipinski definition) is 0. The van der Waals surface area contributed by atoms with E-state index in [0.717, 1.165) is 24.0 Å². The van der Waals surface area contributed by atoms with Gasteiger partial charge in [0, 0.05) is 31.5 Å². The van der Waals surface area contributed by atoms with E-state index in [2.05, 4.69) is 15.2 Å². The van der Waals surface area contributed by atoms with Crippen LogP contribution in [0.15, 0.2) is 66.1 Å². The summed E-state index contributed by atoms with van der Waals surface area (Å²) in [6.45, 7) is 1.92. The van der Waals surface area contributed by atoms with E-state index in [0.29, 0.717) is 24.2 Å². The first kappa shape index (κ1) is 28.2. The zero-order valence-corrected chi connectivity index (χ0v) is 23.2. The van der Waals surface area contributed by atoms with Gasteiger partial charge in [-0.2, -0.15) is 27.7 Å². The average molecular weight is 603 g/mol. The molecule has 0 saturated carbocycles. The van der Waals surface area contributed by atoms with Gasteiger partial charge in [0.2, 0.25) is 0 Å². The minimum absolute atomic E-state index is 0.0242. The summed E-state index contributed by atoms with van der Waals surface area (Å²) in [5, 5.41) is 8.52. The fourth-order valence-electron chi connectivity index (χ4n) is 6.19. The van der Waals surface area contributed by atoms with Crippen molar-refractivity contribution >= 4 is 15.8 Å². The summed E-state index contributed by atoms with van der Waals surface area (Å²) in [5.74, 6) is -1.48. The number of Topliss-reactive ketones (excluding diaryl/α,β-unsaturated/α-hetero) is 1. The van der Waals surface area contributed by atoms with Crippen LogP contribution in [-0.4, -0.2) is 56.1 Å². The molecule has 3 aromatic heterocycles. The number of ketones is 1. The van der Waals surface area contributed by atoms with Crippen molar-refractivity contribution in [3.8, 4) is 5.69 Å². The number of pyridine rings is 1. The summed E-state index contributed by atoms with van der Waals surface area (Å²) in [7, 11) is -4.09. The van der Waals surface area contributed by atoms with Crippen molar-refractivity contribution in [1.82, 2.24) is 28.9 Å². The molecular weight excluding hydrogens is 576 g/mol. The van der Waals surface area contributed by atoms with Crippen molar-refractivity contribution < 1.29 is 30.8 Å². The molecule has 1 aliphatic carbocycles. The zero-order valence-electron chi connectivity index (χ0n) is 22.4. The number of alkyl halides is 3. The molecule has 0 bridgehead atoms. The van der Waals surface area contributed by atoms with Crippen LogP contribution in [0.3, 0.4) is 0 Å². The van der Waals surface area contributed by atoms with Crippen LogP contribution in [0.1, 0.15) is 40.7 Å². The smallest absolute Gasteiger partial charge is 0.292 e. The molecule has 6 rings (SSSR count). The Morgan fingerprint density at radius 1 is 1.10 bits per heavy atom. The number of nitrogens with zero attached hydrogens (tertiary/aromatic N) is 6. The number of benzene rings is 1. The predicted octanol–water partition coefficient (Wildman–Crippen LogP) is 4.32. The van der Waals surface area contributed by atoms with E-state index in [1.54, 1.807) is 29.9 Å². The highest BCUT2D eigenvalue weighted by Crippen LogP contribution is 2.48. The quantitative estimate of drug-likeness (QED) is 0.241. The maximum absolute atomic E-state index is 14.3. The molecule has 1 aliphatic heterocycles. The van der Waals surface area contributed by atoms with Gasteiger partial charge >= 0.3 is 6.18 Å². The largest absolute Gasteiger partial charge is 0.416 e. The van der Waals surface area contributed by atoms with Crippen molar-refractivity contribution in [2.45, 2.75) is 43.9 Å². The minimum atomic E-state index is -4.69. The third-order valence-corrected chi connectivity index (χ3v) is 10.2. The number of fused-ring (bicyclic) bond motifs is 2. The lowest BCUT2D eigenvalue weighted by Crippen LogP contribution is -2.58. The van der Waals surface area contributed by atoms with Gasteiger partial charge < -0.3 is 0 Å². The molecule has 0 radical (unpaired) electrons. The SMILES string of the molecule is CCn1nccc1S(=O)(=O)N1CCC2Cc3c(cnn3-c3ccc(F)cc3)CC2(C(=O)c2cc(C(F)(F)F)ccn2)C1. The third-order valence-electron chi connectivity index (χ3n) is 8.29. The maximum Gasteiger partial charge on any atom is 0.416 e. The van der Waals surface area contributed by atoms with Gasteiger partial charge in [0.1, 0.15) is 11.5 Å². The van der Waals surface area contributed by atoms with Crippen LogP contribution < -0.4 is 0 Å². The molecule has 0 spiro atoms. The Morgan fingerprint density at radius 2 is 1.86 bits per heavy atom. The van der Waals surface area contributed by atoms with E-state index >= 15 is 0 Å². The van der Waals surface area contributed by atoms with E-state index in [1.807, 2.05) is 0 Å². The van der Waals surface area contributed by atoms with Crippen molar-refractivity contribution in [2.75, 3.05) is 13.1 Å². The predicted molar refractivity (Wildman–Crippen MR) is 142 cm³/mol. The summed E-state index contributed by atoms with van der Waals surface area (Å²) >= 11 is 0. The van der Waals surface area contributed by atoms with Crippen LogP contribution in [-0.2, 0) is 35.6 Å². The summed E-state index contributed by atoms with van der Waals surface area (Å²) < 4.78 is 86.1. The molecule has 9 nitrogen and oxygen atoms in total.